The first-order chi connectivity index (χ1) is 9.93. The van der Waals surface area contributed by atoms with Gasteiger partial charge in [0.05, 0.1) is 12.7 Å². The molecule has 1 aromatic carbocycles. The maximum Gasteiger partial charge on any atom is 0.323 e. The molecule has 0 bridgehead atoms. The summed E-state index contributed by atoms with van der Waals surface area (Å²) in [6.45, 7) is 7.78. The number of carbonyl (C=O) groups is 2. The Hall–Kier alpha value is -2.14. The lowest BCUT2D eigenvalue weighted by Crippen LogP contribution is -2.35. The van der Waals surface area contributed by atoms with E-state index in [4.69, 9.17) is 9.84 Å². The Bertz CT molecular complexity index is 494. The van der Waals surface area contributed by atoms with E-state index < -0.39 is 5.97 Å². The third kappa shape index (κ3) is 5.79. The summed E-state index contributed by atoms with van der Waals surface area (Å²) >= 11 is 0. The molecule has 0 aliphatic carbocycles. The summed E-state index contributed by atoms with van der Waals surface area (Å²) in [7, 11) is 0. The highest BCUT2D eigenvalue weighted by atomic mass is 16.5. The minimum Gasteiger partial charge on any atom is -0.480 e. The second kappa shape index (κ2) is 8.21. The van der Waals surface area contributed by atoms with Gasteiger partial charge in [-0.25, -0.2) is 0 Å². The Balaban J connectivity index is 2.76. The zero-order valence-corrected chi connectivity index (χ0v) is 12.4. The number of ether oxygens (including phenoxy) is 1. The molecule has 5 heteroatoms. The molecule has 0 unspecified atom stereocenters. The van der Waals surface area contributed by atoms with E-state index >= 15 is 0 Å². The van der Waals surface area contributed by atoms with Crippen LogP contribution in [0.1, 0.15) is 29.8 Å². The largest absolute Gasteiger partial charge is 0.480 e. The molecular weight excluding hydrogens is 270 g/mol. The van der Waals surface area contributed by atoms with Gasteiger partial charge in [-0.3, -0.25) is 9.59 Å². The van der Waals surface area contributed by atoms with Crippen LogP contribution in [-0.4, -0.2) is 41.1 Å². The quantitative estimate of drug-likeness (QED) is 0.746. The molecule has 0 heterocycles. The van der Waals surface area contributed by atoms with E-state index in [-0.39, 0.29) is 25.1 Å². The van der Waals surface area contributed by atoms with E-state index in [0.29, 0.717) is 12.2 Å². The van der Waals surface area contributed by atoms with Gasteiger partial charge in [0, 0.05) is 12.1 Å². The Labute approximate surface area is 124 Å². The van der Waals surface area contributed by atoms with Gasteiger partial charge in [0.25, 0.3) is 5.91 Å². The van der Waals surface area contributed by atoms with Gasteiger partial charge in [0.15, 0.2) is 0 Å². The van der Waals surface area contributed by atoms with Crippen LogP contribution in [0.4, 0.5) is 0 Å². The lowest BCUT2D eigenvalue weighted by molar-refractivity contribution is -0.137. The number of rotatable bonds is 8. The summed E-state index contributed by atoms with van der Waals surface area (Å²) in [5.41, 5.74) is 1.42. The molecule has 21 heavy (non-hydrogen) atoms. The first-order valence-corrected chi connectivity index (χ1v) is 6.76. The Morgan fingerprint density at radius 1 is 1.33 bits per heavy atom. The summed E-state index contributed by atoms with van der Waals surface area (Å²) < 4.78 is 5.48. The van der Waals surface area contributed by atoms with Gasteiger partial charge >= 0.3 is 5.97 Å². The van der Waals surface area contributed by atoms with Crippen LogP contribution in [0, 0.1) is 0 Å². The van der Waals surface area contributed by atoms with Crippen molar-refractivity contribution in [2.75, 3.05) is 13.1 Å². The third-order valence-corrected chi connectivity index (χ3v) is 2.75. The number of carboxylic acid groups (broad SMARTS) is 1. The molecule has 1 aromatic rings. The monoisotopic (exact) mass is 291 g/mol. The minimum atomic E-state index is -1.05. The van der Waals surface area contributed by atoms with Crippen molar-refractivity contribution in [1.82, 2.24) is 4.90 Å². The van der Waals surface area contributed by atoms with Crippen LogP contribution in [0.5, 0.6) is 0 Å². The Morgan fingerprint density at radius 2 is 1.95 bits per heavy atom. The summed E-state index contributed by atoms with van der Waals surface area (Å²) in [6, 6.07) is 6.98. The average molecular weight is 291 g/mol. The summed E-state index contributed by atoms with van der Waals surface area (Å²) in [5, 5.41) is 8.83. The fourth-order valence-electron chi connectivity index (χ4n) is 1.73. The number of benzene rings is 1. The molecule has 0 aliphatic rings. The van der Waals surface area contributed by atoms with Gasteiger partial charge in [-0.05, 0) is 31.5 Å². The molecule has 0 spiro atoms. The number of nitrogens with zero attached hydrogens (tertiary/aromatic N) is 1. The number of amides is 1. The van der Waals surface area contributed by atoms with Crippen LogP contribution in [-0.2, 0) is 16.1 Å². The van der Waals surface area contributed by atoms with Gasteiger partial charge in [0.1, 0.15) is 6.54 Å². The molecule has 1 N–H and O–H groups in total. The normalized spacial score (nSPS) is 10.4. The van der Waals surface area contributed by atoms with E-state index in [1.807, 2.05) is 26.0 Å². The summed E-state index contributed by atoms with van der Waals surface area (Å²) in [6.07, 6.45) is 1.65. The van der Waals surface area contributed by atoms with E-state index in [1.54, 1.807) is 12.1 Å². The number of carboxylic acids is 1. The fourth-order valence-corrected chi connectivity index (χ4v) is 1.73. The van der Waals surface area contributed by atoms with Gasteiger partial charge in [0.2, 0.25) is 0 Å². The van der Waals surface area contributed by atoms with Crippen molar-refractivity contribution in [2.24, 2.45) is 0 Å². The maximum atomic E-state index is 12.2. The SMILES string of the molecule is C=CCN(CC(=O)O)C(=O)c1ccc(COC(C)C)cc1. The molecule has 114 valence electrons. The Morgan fingerprint density at radius 3 is 2.43 bits per heavy atom. The van der Waals surface area contributed by atoms with Crippen molar-refractivity contribution in [3.05, 3.63) is 48.0 Å². The maximum absolute atomic E-state index is 12.2. The van der Waals surface area contributed by atoms with Crippen molar-refractivity contribution >= 4 is 11.9 Å². The average Bonchev–Trinajstić information content (AvgIpc) is 2.44. The second-order valence-corrected chi connectivity index (χ2v) is 4.92. The van der Waals surface area contributed by atoms with Gasteiger partial charge in [-0.15, -0.1) is 6.58 Å². The zero-order chi connectivity index (χ0) is 15.8. The smallest absolute Gasteiger partial charge is 0.323 e. The van der Waals surface area contributed by atoms with E-state index in [9.17, 15) is 9.59 Å². The first kappa shape index (κ1) is 16.9. The van der Waals surface area contributed by atoms with Gasteiger partial charge < -0.3 is 14.7 Å². The van der Waals surface area contributed by atoms with Crippen LogP contribution in [0.2, 0.25) is 0 Å². The zero-order valence-electron chi connectivity index (χ0n) is 12.4. The van der Waals surface area contributed by atoms with Crippen LogP contribution in [0.3, 0.4) is 0 Å². The highest BCUT2D eigenvalue weighted by Crippen LogP contribution is 2.10. The predicted octanol–water partition coefficient (Wildman–Crippen LogP) is 2.32. The molecule has 0 saturated heterocycles. The molecule has 0 aromatic heterocycles. The molecule has 0 radical (unpaired) electrons. The number of aliphatic carboxylic acids is 1. The lowest BCUT2D eigenvalue weighted by atomic mass is 10.1. The van der Waals surface area contributed by atoms with Crippen molar-refractivity contribution in [1.29, 1.82) is 0 Å². The molecule has 1 rings (SSSR count). The highest BCUT2D eigenvalue weighted by molar-refractivity contribution is 5.95. The predicted molar refractivity (Wildman–Crippen MR) is 80.1 cm³/mol. The van der Waals surface area contributed by atoms with Crippen molar-refractivity contribution in [2.45, 2.75) is 26.6 Å². The van der Waals surface area contributed by atoms with E-state index in [2.05, 4.69) is 6.58 Å². The number of hydrogen-bond donors (Lipinski definition) is 1. The van der Waals surface area contributed by atoms with E-state index in [0.717, 1.165) is 5.56 Å². The molecule has 1 amide bonds. The molecule has 5 nitrogen and oxygen atoms in total. The molecular formula is C16H21NO4. The van der Waals surface area contributed by atoms with Gasteiger partial charge in [-0.1, -0.05) is 18.2 Å². The van der Waals surface area contributed by atoms with Crippen molar-refractivity contribution < 1.29 is 19.4 Å². The highest BCUT2D eigenvalue weighted by Gasteiger charge is 2.17. The Kier molecular flexibility index (Phi) is 6.62. The fraction of sp³-hybridized carbons (Fsp3) is 0.375. The standard InChI is InChI=1S/C16H21NO4/c1-4-9-17(10-15(18)19)16(20)14-7-5-13(6-8-14)11-21-12(2)3/h4-8,12H,1,9-11H2,2-3H3,(H,18,19). The topological polar surface area (TPSA) is 66.8 Å². The summed E-state index contributed by atoms with van der Waals surface area (Å²) in [5.74, 6) is -1.37. The van der Waals surface area contributed by atoms with Crippen molar-refractivity contribution in [3.8, 4) is 0 Å². The summed E-state index contributed by atoms with van der Waals surface area (Å²) in [4.78, 5) is 24.2. The van der Waals surface area contributed by atoms with Gasteiger partial charge in [-0.2, -0.15) is 0 Å². The second-order valence-electron chi connectivity index (χ2n) is 4.92. The minimum absolute atomic E-state index is 0.143. The molecule has 0 fully saturated rings. The molecule has 0 atom stereocenters. The van der Waals surface area contributed by atoms with Crippen LogP contribution in [0.25, 0.3) is 0 Å². The van der Waals surface area contributed by atoms with E-state index in [1.165, 1.54) is 11.0 Å². The third-order valence-electron chi connectivity index (χ3n) is 2.75. The lowest BCUT2D eigenvalue weighted by Gasteiger charge is -2.19. The first-order valence-electron chi connectivity index (χ1n) is 6.76. The molecule has 0 saturated carbocycles. The van der Waals surface area contributed by atoms with Crippen LogP contribution < -0.4 is 0 Å². The number of carbonyl (C=O) groups excluding carboxylic acids is 1. The van der Waals surface area contributed by atoms with Crippen LogP contribution >= 0.6 is 0 Å². The van der Waals surface area contributed by atoms with Crippen LogP contribution in [0.15, 0.2) is 36.9 Å². The van der Waals surface area contributed by atoms with Crippen molar-refractivity contribution in [3.63, 3.8) is 0 Å². The molecule has 0 aliphatic heterocycles. The number of hydrogen-bond acceptors (Lipinski definition) is 3.